The molecule has 2 heterocycles. The largest absolute Gasteiger partial charge is 0.464 e. The molecule has 1 atom stereocenters. The number of benzene rings is 1. The zero-order chi connectivity index (χ0) is 14.8. The number of rotatable bonds is 4. The summed E-state index contributed by atoms with van der Waals surface area (Å²) in [6.45, 7) is 5.55. The van der Waals surface area contributed by atoms with Gasteiger partial charge in [0.15, 0.2) is 0 Å². The topological polar surface area (TPSA) is 51.5 Å². The second kappa shape index (κ2) is 5.90. The lowest BCUT2D eigenvalue weighted by Crippen LogP contribution is -2.32. The van der Waals surface area contributed by atoms with Crippen LogP contribution in [0.2, 0.25) is 0 Å². The lowest BCUT2D eigenvalue weighted by atomic mass is 10.0. The molecule has 0 unspecified atom stereocenters. The van der Waals surface area contributed by atoms with Crippen molar-refractivity contribution in [3.05, 3.63) is 35.1 Å². The van der Waals surface area contributed by atoms with Crippen molar-refractivity contribution in [2.45, 2.75) is 39.2 Å². The van der Waals surface area contributed by atoms with Gasteiger partial charge in [-0.2, -0.15) is 0 Å². The van der Waals surface area contributed by atoms with E-state index in [1.165, 1.54) is 11.1 Å². The minimum atomic E-state index is 0.0198. The Labute approximate surface area is 124 Å². The molecule has 4 nitrogen and oxygen atoms in total. The van der Waals surface area contributed by atoms with Gasteiger partial charge in [-0.25, -0.2) is 0 Å². The maximum Gasteiger partial charge on any atom is 0.224 e. The molecular weight excluding hydrogens is 266 g/mol. The Kier molecular flexibility index (Phi) is 3.97. The molecule has 1 amide bonds. The van der Waals surface area contributed by atoms with Crippen molar-refractivity contribution in [2.75, 3.05) is 13.2 Å². The number of nitrogens with one attached hydrogen (secondary N) is 1. The number of ether oxygens (including phenoxy) is 1. The molecule has 1 aromatic heterocycles. The van der Waals surface area contributed by atoms with E-state index in [1.807, 2.05) is 6.07 Å². The number of furan rings is 1. The van der Waals surface area contributed by atoms with Crippen LogP contribution in [0.5, 0.6) is 0 Å². The summed E-state index contributed by atoms with van der Waals surface area (Å²) in [6, 6.07) is 4.12. The van der Waals surface area contributed by atoms with Gasteiger partial charge in [-0.3, -0.25) is 4.79 Å². The number of carbonyl (C=O) groups is 1. The van der Waals surface area contributed by atoms with E-state index >= 15 is 0 Å². The van der Waals surface area contributed by atoms with Crippen molar-refractivity contribution in [3.8, 4) is 0 Å². The smallest absolute Gasteiger partial charge is 0.224 e. The number of hydrogen-bond acceptors (Lipinski definition) is 3. The molecule has 1 aromatic carbocycles. The van der Waals surface area contributed by atoms with Gasteiger partial charge in [0.1, 0.15) is 5.58 Å². The molecule has 21 heavy (non-hydrogen) atoms. The molecule has 1 aliphatic heterocycles. The van der Waals surface area contributed by atoms with Crippen LogP contribution in [-0.2, 0) is 16.0 Å². The third kappa shape index (κ3) is 3.10. The van der Waals surface area contributed by atoms with Crippen molar-refractivity contribution < 1.29 is 13.9 Å². The SMILES string of the molecule is Cc1cc2occ(CC(=O)NC[C@H]3CCCO3)c2cc1C. The standard InChI is InChI=1S/C17H21NO3/c1-11-6-15-13(10-21-16(15)7-12(11)2)8-17(19)18-9-14-4-3-5-20-14/h6-7,10,14H,3-5,8-9H2,1-2H3,(H,18,19)/t14-/m1/s1. The van der Waals surface area contributed by atoms with Crippen LogP contribution >= 0.6 is 0 Å². The Morgan fingerprint density at radius 2 is 2.14 bits per heavy atom. The Morgan fingerprint density at radius 3 is 2.90 bits per heavy atom. The van der Waals surface area contributed by atoms with E-state index in [-0.39, 0.29) is 12.0 Å². The fraction of sp³-hybridized carbons (Fsp3) is 0.471. The molecule has 0 aliphatic carbocycles. The van der Waals surface area contributed by atoms with Crippen molar-refractivity contribution in [2.24, 2.45) is 0 Å². The first kappa shape index (κ1) is 14.1. The zero-order valence-corrected chi connectivity index (χ0v) is 12.6. The number of carbonyl (C=O) groups excluding carboxylic acids is 1. The monoisotopic (exact) mass is 287 g/mol. The normalized spacial score (nSPS) is 18.3. The van der Waals surface area contributed by atoms with E-state index in [0.29, 0.717) is 13.0 Å². The Morgan fingerprint density at radius 1 is 1.33 bits per heavy atom. The fourth-order valence-electron chi connectivity index (χ4n) is 2.74. The van der Waals surface area contributed by atoms with Gasteiger partial charge in [-0.1, -0.05) is 0 Å². The fourth-order valence-corrected chi connectivity index (χ4v) is 2.74. The number of amides is 1. The highest BCUT2D eigenvalue weighted by molar-refractivity contribution is 5.88. The summed E-state index contributed by atoms with van der Waals surface area (Å²) in [5.74, 6) is 0.0198. The van der Waals surface area contributed by atoms with Crippen molar-refractivity contribution in [1.82, 2.24) is 5.32 Å². The molecule has 2 aromatic rings. The summed E-state index contributed by atoms with van der Waals surface area (Å²) in [6.07, 6.45) is 4.34. The van der Waals surface area contributed by atoms with Crippen LogP contribution in [0, 0.1) is 13.8 Å². The molecule has 1 saturated heterocycles. The number of aryl methyl sites for hydroxylation is 2. The van der Waals surface area contributed by atoms with Crippen molar-refractivity contribution in [1.29, 1.82) is 0 Å². The number of fused-ring (bicyclic) bond motifs is 1. The molecule has 0 saturated carbocycles. The summed E-state index contributed by atoms with van der Waals surface area (Å²) in [7, 11) is 0. The molecule has 0 radical (unpaired) electrons. The average molecular weight is 287 g/mol. The van der Waals surface area contributed by atoms with Crippen molar-refractivity contribution in [3.63, 3.8) is 0 Å². The highest BCUT2D eigenvalue weighted by Crippen LogP contribution is 2.25. The summed E-state index contributed by atoms with van der Waals surface area (Å²) in [5, 5.41) is 3.98. The minimum Gasteiger partial charge on any atom is -0.464 e. The molecule has 1 N–H and O–H groups in total. The second-order valence-electron chi connectivity index (χ2n) is 5.81. The highest BCUT2D eigenvalue weighted by Gasteiger charge is 2.17. The zero-order valence-electron chi connectivity index (χ0n) is 12.6. The van der Waals surface area contributed by atoms with Crippen LogP contribution in [0.25, 0.3) is 11.0 Å². The molecular formula is C17H21NO3. The second-order valence-corrected chi connectivity index (χ2v) is 5.81. The van der Waals surface area contributed by atoms with Crippen molar-refractivity contribution >= 4 is 16.9 Å². The lowest BCUT2D eigenvalue weighted by Gasteiger charge is -2.10. The molecule has 4 heteroatoms. The van der Waals surface area contributed by atoms with Gasteiger partial charge in [-0.15, -0.1) is 0 Å². The number of hydrogen-bond donors (Lipinski definition) is 1. The quantitative estimate of drug-likeness (QED) is 0.940. The van der Waals surface area contributed by atoms with E-state index in [9.17, 15) is 4.79 Å². The summed E-state index contributed by atoms with van der Waals surface area (Å²) in [4.78, 5) is 12.1. The van der Waals surface area contributed by atoms with E-state index in [4.69, 9.17) is 9.15 Å². The van der Waals surface area contributed by atoms with Crippen LogP contribution in [0.4, 0.5) is 0 Å². The van der Waals surface area contributed by atoms with Crippen LogP contribution in [0.15, 0.2) is 22.8 Å². The van der Waals surface area contributed by atoms with Gasteiger partial charge < -0.3 is 14.5 Å². The molecule has 0 spiro atoms. The third-order valence-electron chi connectivity index (χ3n) is 4.17. The van der Waals surface area contributed by atoms with Gasteiger partial charge in [-0.05, 0) is 49.9 Å². The summed E-state index contributed by atoms with van der Waals surface area (Å²) < 4.78 is 11.1. The van der Waals surface area contributed by atoms with Gasteiger partial charge in [0.2, 0.25) is 5.91 Å². The van der Waals surface area contributed by atoms with Gasteiger partial charge in [0, 0.05) is 24.1 Å². The van der Waals surface area contributed by atoms with Crippen LogP contribution in [0.3, 0.4) is 0 Å². The van der Waals surface area contributed by atoms with E-state index < -0.39 is 0 Å². The van der Waals surface area contributed by atoms with Crippen LogP contribution in [0.1, 0.15) is 29.5 Å². The molecule has 112 valence electrons. The van der Waals surface area contributed by atoms with Gasteiger partial charge in [0.05, 0.1) is 18.8 Å². The van der Waals surface area contributed by atoms with Gasteiger partial charge >= 0.3 is 0 Å². The van der Waals surface area contributed by atoms with Gasteiger partial charge in [0.25, 0.3) is 0 Å². The minimum absolute atomic E-state index is 0.0198. The Bertz CT molecular complexity index is 653. The average Bonchev–Trinajstić information content (AvgIpc) is 3.09. The maximum absolute atomic E-state index is 12.1. The Balaban J connectivity index is 1.66. The van der Waals surface area contributed by atoms with E-state index in [0.717, 1.165) is 36.0 Å². The predicted octanol–water partition coefficient (Wildman–Crippen LogP) is 2.89. The molecule has 1 aliphatic rings. The summed E-state index contributed by atoms with van der Waals surface area (Å²) >= 11 is 0. The Hall–Kier alpha value is -1.81. The third-order valence-corrected chi connectivity index (χ3v) is 4.17. The van der Waals surface area contributed by atoms with E-state index in [1.54, 1.807) is 6.26 Å². The van der Waals surface area contributed by atoms with Crippen LogP contribution in [-0.4, -0.2) is 25.2 Å². The maximum atomic E-state index is 12.1. The lowest BCUT2D eigenvalue weighted by molar-refractivity contribution is -0.120. The summed E-state index contributed by atoms with van der Waals surface area (Å²) in [5.41, 5.74) is 4.20. The highest BCUT2D eigenvalue weighted by atomic mass is 16.5. The first-order chi connectivity index (χ1) is 10.1. The molecule has 3 rings (SSSR count). The first-order valence-corrected chi connectivity index (χ1v) is 7.49. The molecule has 1 fully saturated rings. The molecule has 0 bridgehead atoms. The van der Waals surface area contributed by atoms with E-state index in [2.05, 4.69) is 25.2 Å². The first-order valence-electron chi connectivity index (χ1n) is 7.49. The predicted molar refractivity (Wildman–Crippen MR) is 81.4 cm³/mol. The van der Waals surface area contributed by atoms with Crippen LogP contribution < -0.4 is 5.32 Å².